The highest BCUT2D eigenvalue weighted by molar-refractivity contribution is 7.15. The number of nitrogens with zero attached hydrogens (tertiary/aromatic N) is 3. The fourth-order valence-electron chi connectivity index (χ4n) is 2.02. The van der Waals surface area contributed by atoms with Gasteiger partial charge in [0.25, 0.3) is 0 Å². The highest BCUT2D eigenvalue weighted by Crippen LogP contribution is 2.34. The molecule has 0 spiro atoms. The summed E-state index contributed by atoms with van der Waals surface area (Å²) < 4.78 is 1.90. The standard InChI is InChI=1S/C12H18N4S/c1-6(13)11-8(3)14-12(17-11)10-7(2)15-16(5)9(10)4/h6H,13H2,1-5H3. The van der Waals surface area contributed by atoms with Gasteiger partial charge in [-0.3, -0.25) is 4.68 Å². The third-order valence-corrected chi connectivity index (χ3v) is 4.34. The summed E-state index contributed by atoms with van der Waals surface area (Å²) in [5.41, 5.74) is 10.3. The lowest BCUT2D eigenvalue weighted by Gasteiger charge is -2.00. The van der Waals surface area contributed by atoms with Crippen LogP contribution in [0.15, 0.2) is 0 Å². The van der Waals surface area contributed by atoms with Crippen LogP contribution in [0.2, 0.25) is 0 Å². The normalized spacial score (nSPS) is 13.1. The van der Waals surface area contributed by atoms with Crippen molar-refractivity contribution >= 4 is 11.3 Å². The molecule has 0 aliphatic heterocycles. The number of hydrogen-bond donors (Lipinski definition) is 1. The number of rotatable bonds is 2. The molecule has 1 unspecified atom stereocenters. The van der Waals surface area contributed by atoms with Crippen LogP contribution in [0.3, 0.4) is 0 Å². The molecule has 0 radical (unpaired) electrons. The van der Waals surface area contributed by atoms with E-state index in [9.17, 15) is 0 Å². The van der Waals surface area contributed by atoms with Crippen LogP contribution in [-0.4, -0.2) is 14.8 Å². The largest absolute Gasteiger partial charge is 0.323 e. The van der Waals surface area contributed by atoms with Crippen LogP contribution in [0.4, 0.5) is 0 Å². The molecule has 2 rings (SSSR count). The SMILES string of the molecule is Cc1nc(-c2c(C)nn(C)c2C)sc1C(C)N. The quantitative estimate of drug-likeness (QED) is 0.891. The van der Waals surface area contributed by atoms with Crippen molar-refractivity contribution in [1.82, 2.24) is 14.8 Å². The van der Waals surface area contributed by atoms with Gasteiger partial charge in [-0.1, -0.05) is 0 Å². The Kier molecular flexibility index (Phi) is 3.05. The Balaban J connectivity index is 2.57. The molecule has 0 saturated heterocycles. The summed E-state index contributed by atoms with van der Waals surface area (Å²) in [5.74, 6) is 0. The van der Waals surface area contributed by atoms with Crippen molar-refractivity contribution in [3.05, 3.63) is 22.0 Å². The first-order valence-corrected chi connectivity index (χ1v) is 6.47. The molecule has 0 aliphatic rings. The first-order chi connectivity index (χ1) is 7.91. The maximum absolute atomic E-state index is 5.94. The molecule has 2 aromatic rings. The Hall–Kier alpha value is -1.20. The first kappa shape index (κ1) is 12.3. The van der Waals surface area contributed by atoms with Gasteiger partial charge in [-0.25, -0.2) is 4.98 Å². The molecule has 2 heterocycles. The Labute approximate surface area is 105 Å². The van der Waals surface area contributed by atoms with E-state index in [1.54, 1.807) is 11.3 Å². The summed E-state index contributed by atoms with van der Waals surface area (Å²) in [6, 6.07) is 0.0403. The molecule has 0 aliphatic carbocycles. The molecular weight excluding hydrogens is 232 g/mol. The molecule has 0 aromatic carbocycles. The molecule has 0 saturated carbocycles. The van der Waals surface area contributed by atoms with Crippen LogP contribution in [0.5, 0.6) is 0 Å². The minimum atomic E-state index is 0.0403. The smallest absolute Gasteiger partial charge is 0.127 e. The van der Waals surface area contributed by atoms with Gasteiger partial charge in [0.15, 0.2) is 0 Å². The molecule has 4 nitrogen and oxygen atoms in total. The molecule has 5 heteroatoms. The van der Waals surface area contributed by atoms with Gasteiger partial charge in [0.05, 0.1) is 17.0 Å². The second-order valence-electron chi connectivity index (χ2n) is 4.43. The van der Waals surface area contributed by atoms with Crippen molar-refractivity contribution in [3.8, 4) is 10.6 Å². The van der Waals surface area contributed by atoms with Crippen molar-refractivity contribution < 1.29 is 0 Å². The van der Waals surface area contributed by atoms with Crippen molar-refractivity contribution in [2.45, 2.75) is 33.7 Å². The van der Waals surface area contributed by atoms with Gasteiger partial charge in [-0.15, -0.1) is 11.3 Å². The predicted molar refractivity (Wildman–Crippen MR) is 71.1 cm³/mol. The third-order valence-electron chi connectivity index (χ3n) is 2.97. The van der Waals surface area contributed by atoms with Crippen LogP contribution in [0.25, 0.3) is 10.6 Å². The molecule has 0 amide bonds. The molecule has 0 bridgehead atoms. The highest BCUT2D eigenvalue weighted by Gasteiger charge is 2.18. The van der Waals surface area contributed by atoms with E-state index in [4.69, 9.17) is 5.73 Å². The van der Waals surface area contributed by atoms with Crippen molar-refractivity contribution in [2.75, 3.05) is 0 Å². The summed E-state index contributed by atoms with van der Waals surface area (Å²) in [6.07, 6.45) is 0. The number of hydrogen-bond acceptors (Lipinski definition) is 4. The second kappa shape index (κ2) is 4.23. The van der Waals surface area contributed by atoms with E-state index >= 15 is 0 Å². The predicted octanol–water partition coefficient (Wildman–Crippen LogP) is 2.49. The van der Waals surface area contributed by atoms with Gasteiger partial charge in [-0.2, -0.15) is 5.10 Å². The van der Waals surface area contributed by atoms with Crippen molar-refractivity contribution in [1.29, 1.82) is 0 Å². The molecular formula is C12H18N4S. The lowest BCUT2D eigenvalue weighted by atomic mass is 10.2. The molecule has 1 atom stereocenters. The maximum Gasteiger partial charge on any atom is 0.127 e. The summed E-state index contributed by atoms with van der Waals surface area (Å²) in [7, 11) is 1.96. The van der Waals surface area contributed by atoms with E-state index in [0.29, 0.717) is 0 Å². The van der Waals surface area contributed by atoms with Gasteiger partial charge >= 0.3 is 0 Å². The van der Waals surface area contributed by atoms with Crippen molar-refractivity contribution in [2.24, 2.45) is 12.8 Å². The lowest BCUT2D eigenvalue weighted by molar-refractivity contribution is 0.731. The van der Waals surface area contributed by atoms with Gasteiger partial charge in [0.2, 0.25) is 0 Å². The van der Waals surface area contributed by atoms with E-state index in [0.717, 1.165) is 32.5 Å². The van der Waals surface area contributed by atoms with E-state index in [1.807, 2.05) is 32.5 Å². The maximum atomic E-state index is 5.94. The Morgan fingerprint density at radius 3 is 2.29 bits per heavy atom. The monoisotopic (exact) mass is 250 g/mol. The highest BCUT2D eigenvalue weighted by atomic mass is 32.1. The summed E-state index contributed by atoms with van der Waals surface area (Å²) in [5, 5.41) is 5.45. The van der Waals surface area contributed by atoms with Gasteiger partial charge in [0.1, 0.15) is 5.01 Å². The summed E-state index contributed by atoms with van der Waals surface area (Å²) >= 11 is 1.67. The van der Waals surface area contributed by atoms with Crippen molar-refractivity contribution in [3.63, 3.8) is 0 Å². The summed E-state index contributed by atoms with van der Waals surface area (Å²) in [6.45, 7) is 8.09. The molecule has 0 fully saturated rings. The van der Waals surface area contributed by atoms with Gasteiger partial charge < -0.3 is 5.73 Å². The average molecular weight is 250 g/mol. The van der Waals surface area contributed by atoms with E-state index in [2.05, 4.69) is 17.0 Å². The molecule has 17 heavy (non-hydrogen) atoms. The second-order valence-corrected chi connectivity index (χ2v) is 5.46. The molecule has 92 valence electrons. The minimum Gasteiger partial charge on any atom is -0.323 e. The zero-order valence-corrected chi connectivity index (χ0v) is 11.7. The Bertz CT molecular complexity index is 551. The van der Waals surface area contributed by atoms with E-state index in [1.165, 1.54) is 0 Å². The number of aryl methyl sites for hydroxylation is 3. The van der Waals surface area contributed by atoms with Gasteiger partial charge in [-0.05, 0) is 27.7 Å². The number of nitrogens with two attached hydrogens (primary N) is 1. The Morgan fingerprint density at radius 2 is 1.88 bits per heavy atom. The molecule has 2 aromatic heterocycles. The average Bonchev–Trinajstić information content (AvgIpc) is 2.70. The van der Waals surface area contributed by atoms with Crippen LogP contribution in [0, 0.1) is 20.8 Å². The zero-order valence-electron chi connectivity index (χ0n) is 10.9. The van der Waals surface area contributed by atoms with Crippen LogP contribution < -0.4 is 5.73 Å². The minimum absolute atomic E-state index is 0.0403. The lowest BCUT2D eigenvalue weighted by Crippen LogP contribution is -2.03. The van der Waals surface area contributed by atoms with Crippen LogP contribution in [-0.2, 0) is 7.05 Å². The fraction of sp³-hybridized carbons (Fsp3) is 0.500. The Morgan fingerprint density at radius 1 is 1.24 bits per heavy atom. The van der Waals surface area contributed by atoms with Crippen LogP contribution in [0.1, 0.15) is 34.9 Å². The van der Waals surface area contributed by atoms with Gasteiger partial charge in [0, 0.05) is 23.7 Å². The molecule has 2 N–H and O–H groups in total. The fourth-order valence-corrected chi connectivity index (χ4v) is 3.19. The van der Waals surface area contributed by atoms with E-state index < -0.39 is 0 Å². The number of thiazole rings is 1. The van der Waals surface area contributed by atoms with E-state index in [-0.39, 0.29) is 6.04 Å². The topological polar surface area (TPSA) is 56.7 Å². The first-order valence-electron chi connectivity index (χ1n) is 5.65. The third kappa shape index (κ3) is 2.00. The summed E-state index contributed by atoms with van der Waals surface area (Å²) in [4.78, 5) is 5.78. The number of aromatic nitrogens is 3. The van der Waals surface area contributed by atoms with Crippen LogP contribution >= 0.6 is 11.3 Å². The zero-order chi connectivity index (χ0) is 12.7.